The van der Waals surface area contributed by atoms with Crippen molar-refractivity contribution in [2.75, 3.05) is 0 Å². The fourth-order valence-electron chi connectivity index (χ4n) is 2.50. The van der Waals surface area contributed by atoms with Crippen LogP contribution in [0.4, 0.5) is 0 Å². The molecule has 1 aromatic carbocycles. The third kappa shape index (κ3) is 2.07. The van der Waals surface area contributed by atoms with Gasteiger partial charge >= 0.3 is 0 Å². The summed E-state index contributed by atoms with van der Waals surface area (Å²) < 4.78 is 2.05. The predicted octanol–water partition coefficient (Wildman–Crippen LogP) is 4.14. The number of rotatable bonds is 2. The first-order chi connectivity index (χ1) is 10.7. The highest BCUT2D eigenvalue weighted by Crippen LogP contribution is 2.34. The average Bonchev–Trinajstić information content (AvgIpc) is 3.11. The zero-order chi connectivity index (χ0) is 15.1. The smallest absolute Gasteiger partial charge is 0.144 e. The van der Waals surface area contributed by atoms with E-state index in [1.807, 2.05) is 48.8 Å². The van der Waals surface area contributed by atoms with E-state index in [4.69, 9.17) is 4.98 Å². The van der Waals surface area contributed by atoms with Crippen LogP contribution in [0.5, 0.6) is 5.75 Å². The molecule has 0 atom stereocenters. The second kappa shape index (κ2) is 4.96. The van der Waals surface area contributed by atoms with E-state index in [0.717, 1.165) is 33.3 Å². The maximum atomic E-state index is 9.52. The molecule has 0 bridgehead atoms. The number of phenols is 1. The number of hydrogen-bond acceptors (Lipinski definition) is 4. The van der Waals surface area contributed by atoms with Crippen LogP contribution >= 0.6 is 11.3 Å². The molecule has 3 aromatic heterocycles. The summed E-state index contributed by atoms with van der Waals surface area (Å²) in [5, 5.41) is 12.5. The molecule has 3 heterocycles. The summed E-state index contributed by atoms with van der Waals surface area (Å²) in [7, 11) is 0. The molecule has 4 rings (SSSR count). The van der Waals surface area contributed by atoms with Crippen molar-refractivity contribution in [2.45, 2.75) is 6.92 Å². The van der Waals surface area contributed by atoms with Crippen molar-refractivity contribution in [1.29, 1.82) is 0 Å². The molecule has 0 aliphatic heterocycles. The van der Waals surface area contributed by atoms with Gasteiger partial charge in [0.05, 0.1) is 5.69 Å². The molecule has 1 N–H and O–H groups in total. The summed E-state index contributed by atoms with van der Waals surface area (Å²) in [4.78, 5) is 9.32. The van der Waals surface area contributed by atoms with Gasteiger partial charge in [-0.15, -0.1) is 11.3 Å². The van der Waals surface area contributed by atoms with Crippen molar-refractivity contribution in [3.05, 3.63) is 59.7 Å². The van der Waals surface area contributed by atoms with Crippen molar-refractivity contribution < 1.29 is 5.11 Å². The van der Waals surface area contributed by atoms with Crippen LogP contribution in [0, 0.1) is 6.92 Å². The Kier molecular flexibility index (Phi) is 2.94. The topological polar surface area (TPSA) is 50.4 Å². The number of phenolic OH excluding ortho intramolecular Hbond substituents is 1. The van der Waals surface area contributed by atoms with Crippen LogP contribution < -0.4 is 0 Å². The second-order valence-electron chi connectivity index (χ2n) is 5.08. The summed E-state index contributed by atoms with van der Waals surface area (Å²) in [5.41, 5.74) is 4.74. The van der Waals surface area contributed by atoms with E-state index < -0.39 is 0 Å². The molecule has 0 spiro atoms. The standard InChI is InChI=1S/C17H13N3OS/c1-11-10-22-17(18-11)15-16(12-5-7-13(21)8-6-12)20-9-3-2-4-14(20)19-15/h2-10,21H,1H3. The van der Waals surface area contributed by atoms with Gasteiger partial charge in [-0.2, -0.15) is 0 Å². The first-order valence-electron chi connectivity index (χ1n) is 6.91. The lowest BCUT2D eigenvalue weighted by atomic mass is 10.1. The average molecular weight is 307 g/mol. The van der Waals surface area contributed by atoms with Crippen molar-refractivity contribution in [1.82, 2.24) is 14.4 Å². The zero-order valence-corrected chi connectivity index (χ0v) is 12.7. The molecule has 0 saturated heterocycles. The Morgan fingerprint density at radius 3 is 2.59 bits per heavy atom. The van der Waals surface area contributed by atoms with E-state index >= 15 is 0 Å². The highest BCUT2D eigenvalue weighted by atomic mass is 32.1. The van der Waals surface area contributed by atoms with Crippen LogP contribution in [0.1, 0.15) is 5.69 Å². The molecule has 0 aliphatic rings. The number of nitrogens with zero attached hydrogens (tertiary/aromatic N) is 3. The number of fused-ring (bicyclic) bond motifs is 1. The first-order valence-corrected chi connectivity index (χ1v) is 7.79. The number of aromatic nitrogens is 3. The number of pyridine rings is 1. The van der Waals surface area contributed by atoms with Gasteiger partial charge in [-0.25, -0.2) is 9.97 Å². The van der Waals surface area contributed by atoms with Gasteiger partial charge in [-0.3, -0.25) is 4.40 Å². The Labute approximate surface area is 131 Å². The molecule has 0 unspecified atom stereocenters. The SMILES string of the molecule is Cc1csc(-c2nc3ccccn3c2-c2ccc(O)cc2)n1. The van der Waals surface area contributed by atoms with E-state index in [2.05, 4.69) is 9.38 Å². The molecule has 0 aliphatic carbocycles. The number of hydrogen-bond donors (Lipinski definition) is 1. The first kappa shape index (κ1) is 13.0. The van der Waals surface area contributed by atoms with Gasteiger partial charge in [-0.05, 0) is 43.3 Å². The largest absolute Gasteiger partial charge is 0.508 e. The maximum Gasteiger partial charge on any atom is 0.144 e. The molecule has 4 aromatic rings. The number of aromatic hydroxyl groups is 1. The minimum absolute atomic E-state index is 0.254. The van der Waals surface area contributed by atoms with Crippen LogP contribution in [0.2, 0.25) is 0 Å². The van der Waals surface area contributed by atoms with Gasteiger partial charge in [0.2, 0.25) is 0 Å². The molecule has 4 nitrogen and oxygen atoms in total. The summed E-state index contributed by atoms with van der Waals surface area (Å²) in [6.07, 6.45) is 1.99. The van der Waals surface area contributed by atoms with Crippen LogP contribution in [0.15, 0.2) is 54.0 Å². The molecule has 0 fully saturated rings. The van der Waals surface area contributed by atoms with Crippen LogP contribution in [-0.2, 0) is 0 Å². The zero-order valence-electron chi connectivity index (χ0n) is 11.9. The molecule has 0 amide bonds. The fraction of sp³-hybridized carbons (Fsp3) is 0.0588. The van der Waals surface area contributed by atoms with E-state index in [-0.39, 0.29) is 5.75 Å². The van der Waals surface area contributed by atoms with Gasteiger partial charge in [-0.1, -0.05) is 6.07 Å². The highest BCUT2D eigenvalue weighted by molar-refractivity contribution is 7.13. The number of benzene rings is 1. The minimum Gasteiger partial charge on any atom is -0.508 e. The molecule has 0 radical (unpaired) electrons. The lowest BCUT2D eigenvalue weighted by Crippen LogP contribution is -1.88. The van der Waals surface area contributed by atoms with Crippen molar-refractivity contribution in [3.63, 3.8) is 0 Å². The van der Waals surface area contributed by atoms with Crippen molar-refractivity contribution in [3.8, 4) is 27.7 Å². The molecule has 108 valence electrons. The van der Waals surface area contributed by atoms with Crippen molar-refractivity contribution in [2.24, 2.45) is 0 Å². The minimum atomic E-state index is 0.254. The second-order valence-corrected chi connectivity index (χ2v) is 5.94. The van der Waals surface area contributed by atoms with Crippen LogP contribution in [-0.4, -0.2) is 19.5 Å². The summed E-state index contributed by atoms with van der Waals surface area (Å²) >= 11 is 1.59. The van der Waals surface area contributed by atoms with Gasteiger partial charge < -0.3 is 5.11 Å². The summed E-state index contributed by atoms with van der Waals surface area (Å²) in [6, 6.07) is 13.1. The van der Waals surface area contributed by atoms with E-state index in [9.17, 15) is 5.11 Å². The van der Waals surface area contributed by atoms with Gasteiger partial charge in [0.15, 0.2) is 0 Å². The van der Waals surface area contributed by atoms with Gasteiger partial charge in [0.25, 0.3) is 0 Å². The third-order valence-electron chi connectivity index (χ3n) is 3.49. The molecular formula is C17H13N3OS. The summed E-state index contributed by atoms with van der Waals surface area (Å²) in [5.74, 6) is 0.254. The van der Waals surface area contributed by atoms with E-state index in [1.54, 1.807) is 23.5 Å². The van der Waals surface area contributed by atoms with Crippen LogP contribution in [0.3, 0.4) is 0 Å². The Morgan fingerprint density at radius 2 is 1.86 bits per heavy atom. The van der Waals surface area contributed by atoms with Crippen LogP contribution in [0.25, 0.3) is 27.6 Å². The lowest BCUT2D eigenvalue weighted by Gasteiger charge is -2.04. The molecule has 5 heteroatoms. The quantitative estimate of drug-likeness (QED) is 0.605. The molecule has 0 saturated carbocycles. The Morgan fingerprint density at radius 1 is 1.05 bits per heavy atom. The Hall–Kier alpha value is -2.66. The Balaban J connectivity index is 2.03. The maximum absolute atomic E-state index is 9.52. The lowest BCUT2D eigenvalue weighted by molar-refractivity contribution is 0.475. The predicted molar refractivity (Wildman–Crippen MR) is 88.1 cm³/mol. The normalized spacial score (nSPS) is 11.1. The monoisotopic (exact) mass is 307 g/mol. The number of imidazole rings is 1. The third-order valence-corrected chi connectivity index (χ3v) is 4.46. The Bertz CT molecular complexity index is 954. The fourth-order valence-corrected chi connectivity index (χ4v) is 3.29. The summed E-state index contributed by atoms with van der Waals surface area (Å²) in [6.45, 7) is 1.98. The van der Waals surface area contributed by atoms with Crippen molar-refractivity contribution >= 4 is 17.0 Å². The van der Waals surface area contributed by atoms with E-state index in [0.29, 0.717) is 0 Å². The van der Waals surface area contributed by atoms with Gasteiger partial charge in [0.1, 0.15) is 22.1 Å². The highest BCUT2D eigenvalue weighted by Gasteiger charge is 2.17. The molecular weight excluding hydrogens is 294 g/mol. The molecule has 22 heavy (non-hydrogen) atoms. The number of thiazole rings is 1. The van der Waals surface area contributed by atoms with E-state index in [1.165, 1.54) is 0 Å². The van der Waals surface area contributed by atoms with Gasteiger partial charge in [0, 0.05) is 22.8 Å². The number of aryl methyl sites for hydroxylation is 1.